The van der Waals surface area contributed by atoms with E-state index in [0.29, 0.717) is 17.3 Å². The van der Waals surface area contributed by atoms with Gasteiger partial charge in [-0.15, -0.1) is 0 Å². The molecule has 0 aliphatic rings. The van der Waals surface area contributed by atoms with E-state index in [-0.39, 0.29) is 6.03 Å². The van der Waals surface area contributed by atoms with Gasteiger partial charge in [-0.3, -0.25) is 0 Å². The zero-order valence-electron chi connectivity index (χ0n) is 14.4. The molecule has 0 spiro atoms. The summed E-state index contributed by atoms with van der Waals surface area (Å²) in [7, 11) is 0. The fourth-order valence-corrected chi connectivity index (χ4v) is 2.89. The van der Waals surface area contributed by atoms with Gasteiger partial charge in [0.05, 0.1) is 11.0 Å². The van der Waals surface area contributed by atoms with Crippen molar-refractivity contribution in [3.05, 3.63) is 83.4 Å². The van der Waals surface area contributed by atoms with Gasteiger partial charge in [0.1, 0.15) is 5.82 Å². The van der Waals surface area contributed by atoms with E-state index in [1.165, 1.54) is 0 Å². The molecule has 0 atom stereocenters. The highest BCUT2D eigenvalue weighted by Gasteiger charge is 2.06. The number of fused-ring (bicyclic) bond motifs is 1. The molecule has 0 aliphatic heterocycles. The number of hydrogen-bond donors (Lipinski definition) is 3. The van der Waals surface area contributed by atoms with Crippen LogP contribution in [0.4, 0.5) is 10.5 Å². The molecule has 3 aromatic carbocycles. The topological polar surface area (TPSA) is 69.8 Å². The van der Waals surface area contributed by atoms with E-state index in [1.54, 1.807) is 12.1 Å². The Kier molecular flexibility index (Phi) is 4.77. The predicted molar refractivity (Wildman–Crippen MR) is 109 cm³/mol. The highest BCUT2D eigenvalue weighted by Crippen LogP contribution is 2.22. The second-order valence-electron chi connectivity index (χ2n) is 6.11. The van der Waals surface area contributed by atoms with Crippen LogP contribution in [0.15, 0.2) is 72.8 Å². The van der Waals surface area contributed by atoms with E-state index in [2.05, 4.69) is 20.6 Å². The molecule has 0 aliphatic carbocycles. The number of carbonyl (C=O) groups excluding carboxylic acids is 1. The molecular weight excluding hydrogens is 360 g/mol. The second kappa shape index (κ2) is 7.51. The Bertz CT molecular complexity index is 1040. The molecule has 6 heteroatoms. The van der Waals surface area contributed by atoms with Crippen molar-refractivity contribution in [1.29, 1.82) is 0 Å². The van der Waals surface area contributed by atoms with Gasteiger partial charge in [-0.25, -0.2) is 9.78 Å². The number of rotatable bonds is 4. The minimum absolute atomic E-state index is 0.263. The number of H-pyrrole nitrogens is 1. The zero-order valence-corrected chi connectivity index (χ0v) is 15.1. The molecule has 0 unspecified atom stereocenters. The van der Waals surface area contributed by atoms with Crippen molar-refractivity contribution in [2.24, 2.45) is 0 Å². The molecule has 3 N–H and O–H groups in total. The first-order valence-electron chi connectivity index (χ1n) is 8.52. The molecule has 4 aromatic rings. The molecule has 0 fully saturated rings. The molecule has 0 bridgehead atoms. The summed E-state index contributed by atoms with van der Waals surface area (Å²) < 4.78 is 0. The molecular formula is C21H17ClN4O. The first kappa shape index (κ1) is 17.1. The van der Waals surface area contributed by atoms with Crippen LogP contribution in [0.5, 0.6) is 0 Å². The monoisotopic (exact) mass is 376 g/mol. The number of nitrogens with zero attached hydrogens (tertiary/aromatic N) is 1. The number of aromatic amines is 1. The first-order valence-corrected chi connectivity index (χ1v) is 8.90. The SMILES string of the molecule is O=C(NCc1ccc(Cl)cc1)Nc1ccc(-c2nc3ccccc3[nH]2)cc1. The van der Waals surface area contributed by atoms with Crippen LogP contribution in [-0.4, -0.2) is 16.0 Å². The number of carbonyl (C=O) groups is 1. The van der Waals surface area contributed by atoms with Crippen molar-refractivity contribution in [3.63, 3.8) is 0 Å². The number of aromatic nitrogens is 2. The number of amides is 2. The maximum atomic E-state index is 12.1. The molecule has 134 valence electrons. The van der Waals surface area contributed by atoms with Crippen LogP contribution in [-0.2, 0) is 6.54 Å². The third-order valence-electron chi connectivity index (χ3n) is 4.17. The number of hydrogen-bond acceptors (Lipinski definition) is 2. The fourth-order valence-electron chi connectivity index (χ4n) is 2.76. The van der Waals surface area contributed by atoms with Crippen LogP contribution < -0.4 is 10.6 Å². The maximum Gasteiger partial charge on any atom is 0.319 e. The summed E-state index contributed by atoms with van der Waals surface area (Å²) in [5, 5.41) is 6.32. The van der Waals surface area contributed by atoms with E-state index in [4.69, 9.17) is 11.6 Å². The quantitative estimate of drug-likeness (QED) is 0.458. The lowest BCUT2D eigenvalue weighted by Crippen LogP contribution is -2.28. The van der Waals surface area contributed by atoms with Crippen LogP contribution in [0.25, 0.3) is 22.4 Å². The molecule has 4 rings (SSSR count). The van der Waals surface area contributed by atoms with E-state index in [0.717, 1.165) is 28.0 Å². The third-order valence-corrected chi connectivity index (χ3v) is 4.42. The number of urea groups is 1. The van der Waals surface area contributed by atoms with E-state index < -0.39 is 0 Å². The Labute approximate surface area is 161 Å². The minimum Gasteiger partial charge on any atom is -0.338 e. The van der Waals surface area contributed by atoms with Gasteiger partial charge < -0.3 is 15.6 Å². The number of nitrogens with one attached hydrogen (secondary N) is 3. The predicted octanol–water partition coefficient (Wildman–Crippen LogP) is 5.21. The average molecular weight is 377 g/mol. The Morgan fingerprint density at radius 1 is 0.963 bits per heavy atom. The van der Waals surface area contributed by atoms with Crippen molar-refractivity contribution < 1.29 is 4.79 Å². The van der Waals surface area contributed by atoms with Crippen molar-refractivity contribution in [1.82, 2.24) is 15.3 Å². The van der Waals surface area contributed by atoms with Gasteiger partial charge >= 0.3 is 6.03 Å². The summed E-state index contributed by atoms with van der Waals surface area (Å²) in [6, 6.07) is 22.5. The van der Waals surface area contributed by atoms with E-state index in [1.807, 2.05) is 60.7 Å². The number of halogens is 1. The maximum absolute atomic E-state index is 12.1. The van der Waals surface area contributed by atoms with Gasteiger partial charge in [-0.2, -0.15) is 0 Å². The van der Waals surface area contributed by atoms with Gasteiger partial charge in [-0.1, -0.05) is 35.9 Å². The number of para-hydroxylation sites is 2. The number of anilines is 1. The molecule has 1 aromatic heterocycles. The van der Waals surface area contributed by atoms with Crippen molar-refractivity contribution in [2.45, 2.75) is 6.54 Å². The van der Waals surface area contributed by atoms with Gasteiger partial charge in [0.2, 0.25) is 0 Å². The van der Waals surface area contributed by atoms with Gasteiger partial charge in [0.15, 0.2) is 0 Å². The smallest absolute Gasteiger partial charge is 0.319 e. The Balaban J connectivity index is 1.38. The zero-order chi connectivity index (χ0) is 18.6. The molecule has 0 saturated carbocycles. The van der Waals surface area contributed by atoms with Gasteiger partial charge in [0.25, 0.3) is 0 Å². The molecule has 5 nitrogen and oxygen atoms in total. The van der Waals surface area contributed by atoms with Crippen LogP contribution in [0, 0.1) is 0 Å². The fraction of sp³-hybridized carbons (Fsp3) is 0.0476. The highest BCUT2D eigenvalue weighted by molar-refractivity contribution is 6.30. The summed E-state index contributed by atoms with van der Waals surface area (Å²) in [4.78, 5) is 19.9. The van der Waals surface area contributed by atoms with Crippen LogP contribution in [0.3, 0.4) is 0 Å². The second-order valence-corrected chi connectivity index (χ2v) is 6.55. The van der Waals surface area contributed by atoms with Crippen LogP contribution >= 0.6 is 11.6 Å². The van der Waals surface area contributed by atoms with Crippen molar-refractivity contribution in [3.8, 4) is 11.4 Å². The largest absolute Gasteiger partial charge is 0.338 e. The summed E-state index contributed by atoms with van der Waals surface area (Å²) in [6.07, 6.45) is 0. The lowest BCUT2D eigenvalue weighted by molar-refractivity contribution is 0.251. The van der Waals surface area contributed by atoms with Crippen molar-refractivity contribution >= 4 is 34.4 Å². The summed E-state index contributed by atoms with van der Waals surface area (Å²) in [5.74, 6) is 0.801. The Morgan fingerprint density at radius 2 is 1.70 bits per heavy atom. The van der Waals surface area contributed by atoms with E-state index in [9.17, 15) is 4.79 Å². The molecule has 1 heterocycles. The first-order chi connectivity index (χ1) is 13.2. The molecule has 0 radical (unpaired) electrons. The minimum atomic E-state index is -0.263. The van der Waals surface area contributed by atoms with E-state index >= 15 is 0 Å². The summed E-state index contributed by atoms with van der Waals surface area (Å²) >= 11 is 5.86. The lowest BCUT2D eigenvalue weighted by atomic mass is 10.2. The highest BCUT2D eigenvalue weighted by atomic mass is 35.5. The third kappa shape index (κ3) is 4.10. The summed E-state index contributed by atoms with van der Waals surface area (Å²) in [6.45, 7) is 0.431. The van der Waals surface area contributed by atoms with Gasteiger partial charge in [-0.05, 0) is 54.1 Å². The van der Waals surface area contributed by atoms with Crippen LogP contribution in [0.2, 0.25) is 5.02 Å². The van der Waals surface area contributed by atoms with Crippen molar-refractivity contribution in [2.75, 3.05) is 5.32 Å². The number of imidazole rings is 1. The lowest BCUT2D eigenvalue weighted by Gasteiger charge is -2.08. The van der Waals surface area contributed by atoms with Gasteiger partial charge in [0, 0.05) is 22.8 Å². The Hall–Kier alpha value is -3.31. The number of benzene rings is 3. The average Bonchev–Trinajstić information content (AvgIpc) is 3.12. The molecule has 2 amide bonds. The summed E-state index contributed by atoms with van der Waals surface area (Å²) in [5.41, 5.74) is 4.57. The standard InChI is InChI=1S/C21H17ClN4O/c22-16-9-5-14(6-10-16)13-23-21(27)24-17-11-7-15(8-12-17)20-25-18-3-1-2-4-19(18)26-20/h1-12H,13H2,(H,25,26)(H2,23,24,27). The Morgan fingerprint density at radius 3 is 2.44 bits per heavy atom. The normalized spacial score (nSPS) is 10.7. The molecule has 0 saturated heterocycles. The van der Waals surface area contributed by atoms with Crippen LogP contribution in [0.1, 0.15) is 5.56 Å². The molecule has 27 heavy (non-hydrogen) atoms.